The topological polar surface area (TPSA) is 38.5 Å². The molecular weight excluding hydrogens is 188 g/mol. The molecule has 2 N–H and O–H groups in total. The van der Waals surface area contributed by atoms with E-state index in [0.29, 0.717) is 0 Å². The molecule has 0 aromatic rings. The number of hydrogen-bond donors (Lipinski definition) is 1. The summed E-state index contributed by atoms with van der Waals surface area (Å²) in [6, 6.07) is 0.747. The van der Waals surface area contributed by atoms with E-state index in [-0.39, 0.29) is 0 Å². The van der Waals surface area contributed by atoms with Crippen LogP contribution in [0, 0.1) is 11.8 Å². The summed E-state index contributed by atoms with van der Waals surface area (Å²) < 4.78 is 5.52. The van der Waals surface area contributed by atoms with Gasteiger partial charge in [0.15, 0.2) is 0 Å². The van der Waals surface area contributed by atoms with Crippen LogP contribution >= 0.6 is 0 Å². The van der Waals surface area contributed by atoms with E-state index in [9.17, 15) is 0 Å². The van der Waals surface area contributed by atoms with Gasteiger partial charge < -0.3 is 15.4 Å². The van der Waals surface area contributed by atoms with E-state index in [1.54, 1.807) is 0 Å². The fraction of sp³-hybridized carbons (Fsp3) is 1.00. The zero-order valence-corrected chi connectivity index (χ0v) is 9.82. The van der Waals surface area contributed by atoms with E-state index in [2.05, 4.69) is 11.9 Å². The summed E-state index contributed by atoms with van der Waals surface area (Å²) in [6.45, 7) is 3.98. The zero-order chi connectivity index (χ0) is 10.7. The average molecular weight is 212 g/mol. The van der Waals surface area contributed by atoms with Gasteiger partial charge in [0.05, 0.1) is 6.61 Å². The van der Waals surface area contributed by atoms with Crippen LogP contribution in [0.1, 0.15) is 25.7 Å². The molecule has 0 aromatic heterocycles. The summed E-state index contributed by atoms with van der Waals surface area (Å²) in [6.07, 6.45) is 5.24. The third-order valence-corrected chi connectivity index (χ3v) is 4.05. The van der Waals surface area contributed by atoms with Crippen molar-refractivity contribution in [3.63, 3.8) is 0 Å². The Bertz CT molecular complexity index is 190. The van der Waals surface area contributed by atoms with Crippen molar-refractivity contribution < 1.29 is 4.74 Å². The van der Waals surface area contributed by atoms with Gasteiger partial charge in [-0.1, -0.05) is 0 Å². The second-order valence-electron chi connectivity index (χ2n) is 5.16. The number of nitrogens with zero attached hydrogens (tertiary/aromatic N) is 1. The van der Waals surface area contributed by atoms with Gasteiger partial charge >= 0.3 is 0 Å². The summed E-state index contributed by atoms with van der Waals surface area (Å²) in [5.74, 6) is 1.50. The lowest BCUT2D eigenvalue weighted by molar-refractivity contribution is 0.0159. The standard InChI is InChI=1S/C12H24N2O/c1-14(12-5-4-11(12)7-13)8-10-3-2-6-15-9-10/h10-12H,2-9,13H2,1H3. The molecule has 88 valence electrons. The summed E-state index contributed by atoms with van der Waals surface area (Å²) in [5, 5.41) is 0. The van der Waals surface area contributed by atoms with Crippen LogP contribution in [-0.4, -0.2) is 44.3 Å². The molecule has 1 saturated carbocycles. The molecule has 3 unspecified atom stereocenters. The third-order valence-electron chi connectivity index (χ3n) is 4.05. The third kappa shape index (κ3) is 2.71. The number of nitrogens with two attached hydrogens (primary N) is 1. The van der Waals surface area contributed by atoms with Gasteiger partial charge in [0.1, 0.15) is 0 Å². The van der Waals surface area contributed by atoms with Gasteiger partial charge in [-0.25, -0.2) is 0 Å². The number of ether oxygens (including phenoxy) is 1. The molecule has 0 aromatic carbocycles. The Kier molecular flexibility index (Phi) is 4.00. The minimum atomic E-state index is 0.747. The number of hydrogen-bond acceptors (Lipinski definition) is 3. The first kappa shape index (κ1) is 11.4. The van der Waals surface area contributed by atoms with Gasteiger partial charge in [0, 0.05) is 19.2 Å². The Hall–Kier alpha value is -0.120. The van der Waals surface area contributed by atoms with E-state index in [4.69, 9.17) is 10.5 Å². The van der Waals surface area contributed by atoms with Gasteiger partial charge in [0.2, 0.25) is 0 Å². The summed E-state index contributed by atoms with van der Waals surface area (Å²) >= 11 is 0. The van der Waals surface area contributed by atoms with E-state index in [1.165, 1.54) is 32.2 Å². The van der Waals surface area contributed by atoms with Crippen LogP contribution < -0.4 is 5.73 Å². The molecule has 3 nitrogen and oxygen atoms in total. The van der Waals surface area contributed by atoms with Crippen molar-refractivity contribution in [1.29, 1.82) is 0 Å². The average Bonchev–Trinajstić information content (AvgIpc) is 2.18. The van der Waals surface area contributed by atoms with Crippen LogP contribution in [0.4, 0.5) is 0 Å². The Morgan fingerprint density at radius 1 is 1.33 bits per heavy atom. The maximum absolute atomic E-state index is 5.74. The Morgan fingerprint density at radius 2 is 2.20 bits per heavy atom. The summed E-state index contributed by atoms with van der Waals surface area (Å²) in [5.41, 5.74) is 5.74. The Morgan fingerprint density at radius 3 is 2.73 bits per heavy atom. The van der Waals surface area contributed by atoms with E-state index in [1.807, 2.05) is 0 Å². The van der Waals surface area contributed by atoms with Crippen molar-refractivity contribution in [3.05, 3.63) is 0 Å². The highest BCUT2D eigenvalue weighted by molar-refractivity contribution is 4.88. The molecule has 1 aliphatic heterocycles. The van der Waals surface area contributed by atoms with E-state index >= 15 is 0 Å². The van der Waals surface area contributed by atoms with Crippen LogP contribution in [0.3, 0.4) is 0 Å². The van der Waals surface area contributed by atoms with Crippen LogP contribution in [-0.2, 0) is 4.74 Å². The monoisotopic (exact) mass is 212 g/mol. The van der Waals surface area contributed by atoms with Crippen molar-refractivity contribution in [2.24, 2.45) is 17.6 Å². The molecule has 3 heteroatoms. The first-order valence-electron chi connectivity index (χ1n) is 6.29. The van der Waals surface area contributed by atoms with Crippen LogP contribution in [0.5, 0.6) is 0 Å². The van der Waals surface area contributed by atoms with Crippen LogP contribution in [0.25, 0.3) is 0 Å². The van der Waals surface area contributed by atoms with Crippen molar-refractivity contribution in [1.82, 2.24) is 4.90 Å². The van der Waals surface area contributed by atoms with Crippen LogP contribution in [0.15, 0.2) is 0 Å². The highest BCUT2D eigenvalue weighted by Crippen LogP contribution is 2.31. The van der Waals surface area contributed by atoms with Gasteiger partial charge in [-0.3, -0.25) is 0 Å². The second kappa shape index (κ2) is 5.28. The Labute approximate surface area is 93.0 Å². The molecule has 3 atom stereocenters. The highest BCUT2D eigenvalue weighted by atomic mass is 16.5. The maximum atomic E-state index is 5.74. The van der Waals surface area contributed by atoms with Gasteiger partial charge in [-0.15, -0.1) is 0 Å². The van der Waals surface area contributed by atoms with Crippen molar-refractivity contribution in [2.45, 2.75) is 31.7 Å². The predicted molar refractivity (Wildman–Crippen MR) is 61.7 cm³/mol. The molecule has 2 rings (SSSR count). The van der Waals surface area contributed by atoms with Gasteiger partial charge in [-0.2, -0.15) is 0 Å². The summed E-state index contributed by atoms with van der Waals surface area (Å²) in [4.78, 5) is 2.51. The largest absolute Gasteiger partial charge is 0.381 e. The van der Waals surface area contributed by atoms with Crippen molar-refractivity contribution in [3.8, 4) is 0 Å². The smallest absolute Gasteiger partial charge is 0.0506 e. The molecule has 15 heavy (non-hydrogen) atoms. The van der Waals surface area contributed by atoms with Crippen molar-refractivity contribution in [2.75, 3.05) is 33.4 Å². The maximum Gasteiger partial charge on any atom is 0.0506 e. The molecule has 1 aliphatic carbocycles. The summed E-state index contributed by atoms with van der Waals surface area (Å²) in [7, 11) is 2.25. The first-order valence-corrected chi connectivity index (χ1v) is 6.29. The molecule has 0 radical (unpaired) electrons. The lowest BCUT2D eigenvalue weighted by Gasteiger charge is -2.43. The molecule has 2 fully saturated rings. The molecule has 1 saturated heterocycles. The molecule has 1 heterocycles. The Balaban J connectivity index is 1.73. The van der Waals surface area contributed by atoms with Crippen LogP contribution in [0.2, 0.25) is 0 Å². The second-order valence-corrected chi connectivity index (χ2v) is 5.16. The van der Waals surface area contributed by atoms with E-state index in [0.717, 1.165) is 37.6 Å². The fourth-order valence-corrected chi connectivity index (χ4v) is 2.90. The minimum Gasteiger partial charge on any atom is -0.381 e. The SMILES string of the molecule is CN(CC1CCCOC1)C1CCC1CN. The molecular formula is C12H24N2O. The lowest BCUT2D eigenvalue weighted by Crippen LogP contribution is -2.50. The lowest BCUT2D eigenvalue weighted by atomic mass is 9.78. The quantitative estimate of drug-likeness (QED) is 0.758. The highest BCUT2D eigenvalue weighted by Gasteiger charge is 2.33. The number of rotatable bonds is 4. The van der Waals surface area contributed by atoms with E-state index < -0.39 is 0 Å². The predicted octanol–water partition coefficient (Wildman–Crippen LogP) is 1.08. The first-order chi connectivity index (χ1) is 7.31. The molecule has 0 amide bonds. The van der Waals surface area contributed by atoms with Crippen molar-refractivity contribution >= 4 is 0 Å². The normalized spacial score (nSPS) is 36.6. The minimum absolute atomic E-state index is 0.747. The van der Waals surface area contributed by atoms with Gasteiger partial charge in [-0.05, 0) is 51.1 Å². The molecule has 2 aliphatic rings. The van der Waals surface area contributed by atoms with Gasteiger partial charge in [0.25, 0.3) is 0 Å². The zero-order valence-electron chi connectivity index (χ0n) is 9.82. The fourth-order valence-electron chi connectivity index (χ4n) is 2.90. The molecule has 0 spiro atoms. The molecule has 0 bridgehead atoms.